The quantitative estimate of drug-likeness (QED) is 0.135. The standard InChI is InChI=1S/C30H23Cl3N2O6/c31-19-9-5-18(6-10-19)27(37)34(35-28(38)22-3-1-2-4-23(22)29(35)39)16-26(36)17-7-12-21(13-8-17)41-30(40)24-14-11-20(32)15-25(24)33/h5-15,22-23H,1-4,16H2/t22-,23-/m1/s1. The third-order valence-corrected chi connectivity index (χ3v) is 8.02. The van der Waals surface area contributed by atoms with Crippen molar-refractivity contribution in [1.29, 1.82) is 0 Å². The molecule has 0 radical (unpaired) electrons. The molecule has 1 heterocycles. The van der Waals surface area contributed by atoms with E-state index in [1.54, 1.807) is 0 Å². The number of ketones is 1. The number of carbonyl (C=O) groups excluding carboxylic acids is 5. The highest BCUT2D eigenvalue weighted by Crippen LogP contribution is 2.39. The fourth-order valence-electron chi connectivity index (χ4n) is 5.11. The Bertz CT molecular complexity index is 1520. The molecule has 1 saturated carbocycles. The number of amides is 3. The van der Waals surface area contributed by atoms with Crippen LogP contribution in [0.15, 0.2) is 66.7 Å². The summed E-state index contributed by atoms with van der Waals surface area (Å²) < 4.78 is 5.36. The second kappa shape index (κ2) is 12.0. The minimum atomic E-state index is -0.710. The fourth-order valence-corrected chi connectivity index (χ4v) is 5.72. The number of hydrogen-bond acceptors (Lipinski definition) is 6. The lowest BCUT2D eigenvalue weighted by Gasteiger charge is -2.30. The van der Waals surface area contributed by atoms with E-state index in [0.717, 1.165) is 22.9 Å². The van der Waals surface area contributed by atoms with E-state index >= 15 is 0 Å². The van der Waals surface area contributed by atoms with Gasteiger partial charge in [-0.1, -0.05) is 47.6 Å². The van der Waals surface area contributed by atoms with Crippen LogP contribution >= 0.6 is 34.8 Å². The van der Waals surface area contributed by atoms with Gasteiger partial charge in [0.05, 0.1) is 22.4 Å². The Balaban J connectivity index is 1.36. The minimum absolute atomic E-state index is 0.119. The molecule has 0 aromatic heterocycles. The number of imide groups is 1. The van der Waals surface area contributed by atoms with Crippen molar-refractivity contribution in [3.05, 3.63) is 98.5 Å². The van der Waals surface area contributed by atoms with Crippen LogP contribution in [-0.4, -0.2) is 46.0 Å². The number of nitrogens with zero attached hydrogens (tertiary/aromatic N) is 2. The molecule has 0 spiro atoms. The highest BCUT2D eigenvalue weighted by molar-refractivity contribution is 6.36. The SMILES string of the molecule is O=C(CN(C(=O)c1ccc(Cl)cc1)N1C(=O)[C@@H]2CCCC[C@H]2C1=O)c1ccc(OC(=O)c2ccc(Cl)cc2Cl)cc1. The molecular weight excluding hydrogens is 591 g/mol. The number of halogens is 3. The second-order valence-corrected chi connectivity index (χ2v) is 11.1. The first kappa shape index (κ1) is 28.8. The second-order valence-electron chi connectivity index (χ2n) is 9.82. The number of hydrazine groups is 1. The zero-order valence-corrected chi connectivity index (χ0v) is 23.8. The molecule has 0 unspecified atom stereocenters. The Morgan fingerprint density at radius 1 is 0.780 bits per heavy atom. The normalized spacial score (nSPS) is 18.2. The van der Waals surface area contributed by atoms with Crippen LogP contribution in [0.5, 0.6) is 5.75 Å². The molecule has 41 heavy (non-hydrogen) atoms. The van der Waals surface area contributed by atoms with Crippen molar-refractivity contribution in [2.75, 3.05) is 6.54 Å². The van der Waals surface area contributed by atoms with Gasteiger partial charge in [-0.2, -0.15) is 5.01 Å². The number of benzene rings is 3. The fraction of sp³-hybridized carbons (Fsp3) is 0.233. The van der Waals surface area contributed by atoms with Crippen LogP contribution in [0.4, 0.5) is 0 Å². The van der Waals surface area contributed by atoms with Gasteiger partial charge in [0, 0.05) is 21.2 Å². The van der Waals surface area contributed by atoms with Crippen molar-refractivity contribution in [1.82, 2.24) is 10.0 Å². The first-order valence-electron chi connectivity index (χ1n) is 12.9. The van der Waals surface area contributed by atoms with Crippen molar-refractivity contribution < 1.29 is 28.7 Å². The lowest BCUT2D eigenvalue weighted by molar-refractivity contribution is -0.154. The number of hydrogen-bond donors (Lipinski definition) is 0. The maximum atomic E-state index is 13.6. The van der Waals surface area contributed by atoms with E-state index in [9.17, 15) is 24.0 Å². The largest absolute Gasteiger partial charge is 0.423 e. The molecule has 2 aliphatic rings. The Kier molecular flexibility index (Phi) is 8.45. The van der Waals surface area contributed by atoms with Gasteiger partial charge in [0.1, 0.15) is 12.3 Å². The van der Waals surface area contributed by atoms with Crippen molar-refractivity contribution in [2.45, 2.75) is 25.7 Å². The van der Waals surface area contributed by atoms with Gasteiger partial charge < -0.3 is 4.74 Å². The monoisotopic (exact) mass is 612 g/mol. The molecule has 1 aliphatic heterocycles. The van der Waals surface area contributed by atoms with Gasteiger partial charge in [-0.15, -0.1) is 0 Å². The Morgan fingerprint density at radius 2 is 1.34 bits per heavy atom. The van der Waals surface area contributed by atoms with E-state index < -0.39 is 47.9 Å². The summed E-state index contributed by atoms with van der Waals surface area (Å²) in [7, 11) is 0. The maximum absolute atomic E-state index is 13.6. The molecule has 0 bridgehead atoms. The van der Waals surface area contributed by atoms with Crippen LogP contribution < -0.4 is 4.74 Å². The molecule has 5 rings (SSSR count). The average Bonchev–Trinajstić information content (AvgIpc) is 3.21. The first-order valence-corrected chi connectivity index (χ1v) is 14.0. The van der Waals surface area contributed by atoms with Crippen LogP contribution in [-0.2, 0) is 9.59 Å². The summed E-state index contributed by atoms with van der Waals surface area (Å²) in [5.74, 6) is -3.72. The van der Waals surface area contributed by atoms with E-state index in [2.05, 4.69) is 0 Å². The number of ether oxygens (including phenoxy) is 1. The van der Waals surface area contributed by atoms with Crippen molar-refractivity contribution in [3.8, 4) is 5.75 Å². The topological polar surface area (TPSA) is 101 Å². The number of carbonyl (C=O) groups is 5. The zero-order valence-electron chi connectivity index (χ0n) is 21.5. The predicted molar refractivity (Wildman–Crippen MR) is 152 cm³/mol. The van der Waals surface area contributed by atoms with Crippen LogP contribution in [0.1, 0.15) is 56.8 Å². The van der Waals surface area contributed by atoms with Crippen molar-refractivity contribution >= 4 is 64.3 Å². The van der Waals surface area contributed by atoms with E-state index in [-0.39, 0.29) is 27.5 Å². The molecule has 3 amide bonds. The molecule has 1 saturated heterocycles. The molecule has 8 nitrogen and oxygen atoms in total. The third-order valence-electron chi connectivity index (χ3n) is 7.22. The summed E-state index contributed by atoms with van der Waals surface area (Å²) in [6.07, 6.45) is 2.76. The highest BCUT2D eigenvalue weighted by Gasteiger charge is 2.51. The number of rotatable bonds is 7. The third kappa shape index (κ3) is 6.00. The van der Waals surface area contributed by atoms with E-state index in [0.29, 0.717) is 22.9 Å². The van der Waals surface area contributed by atoms with E-state index in [4.69, 9.17) is 39.5 Å². The van der Waals surface area contributed by atoms with Crippen LogP contribution in [0.2, 0.25) is 15.1 Å². The molecular formula is C30H23Cl3N2O6. The minimum Gasteiger partial charge on any atom is -0.423 e. The first-order chi connectivity index (χ1) is 19.6. The smallest absolute Gasteiger partial charge is 0.345 e. The molecule has 2 atom stereocenters. The van der Waals surface area contributed by atoms with Crippen molar-refractivity contribution in [2.24, 2.45) is 11.8 Å². The molecule has 2 fully saturated rings. The molecule has 3 aromatic rings. The molecule has 1 aliphatic carbocycles. The summed E-state index contributed by atoms with van der Waals surface area (Å²) in [5.41, 5.74) is 0.466. The Morgan fingerprint density at radius 3 is 1.93 bits per heavy atom. The van der Waals surface area contributed by atoms with Gasteiger partial charge in [0.25, 0.3) is 17.7 Å². The summed E-state index contributed by atoms with van der Waals surface area (Å²) in [5, 5.41) is 2.68. The maximum Gasteiger partial charge on any atom is 0.345 e. The summed E-state index contributed by atoms with van der Waals surface area (Å²) in [6.45, 7) is -0.558. The molecule has 11 heteroatoms. The van der Waals surface area contributed by atoms with E-state index in [1.165, 1.54) is 66.7 Å². The number of fused-ring (bicyclic) bond motifs is 1. The van der Waals surface area contributed by atoms with Gasteiger partial charge in [-0.05, 0) is 79.6 Å². The van der Waals surface area contributed by atoms with Gasteiger partial charge in [0.2, 0.25) is 0 Å². The van der Waals surface area contributed by atoms with Crippen LogP contribution in [0.3, 0.4) is 0 Å². The summed E-state index contributed by atoms with van der Waals surface area (Å²) in [6, 6.07) is 16.0. The summed E-state index contributed by atoms with van der Waals surface area (Å²) in [4.78, 5) is 66.1. The summed E-state index contributed by atoms with van der Waals surface area (Å²) >= 11 is 17.9. The van der Waals surface area contributed by atoms with Gasteiger partial charge in [0.15, 0.2) is 5.78 Å². The van der Waals surface area contributed by atoms with Gasteiger partial charge >= 0.3 is 5.97 Å². The van der Waals surface area contributed by atoms with Gasteiger partial charge in [-0.3, -0.25) is 19.2 Å². The average molecular weight is 614 g/mol. The van der Waals surface area contributed by atoms with Gasteiger partial charge in [-0.25, -0.2) is 9.80 Å². The molecule has 3 aromatic carbocycles. The van der Waals surface area contributed by atoms with E-state index in [1.807, 2.05) is 0 Å². The highest BCUT2D eigenvalue weighted by atomic mass is 35.5. The lowest BCUT2D eigenvalue weighted by atomic mass is 9.81. The molecule has 210 valence electrons. The Hall–Kier alpha value is -3.72. The zero-order chi connectivity index (χ0) is 29.3. The predicted octanol–water partition coefficient (Wildman–Crippen LogP) is 6.28. The number of Topliss-reactive ketones (excluding diaryl/α,β-unsaturated/α-hetero) is 1. The lowest BCUT2D eigenvalue weighted by Crippen LogP contribution is -2.52. The molecule has 0 N–H and O–H groups in total. The van der Waals surface area contributed by atoms with Crippen LogP contribution in [0.25, 0.3) is 0 Å². The number of esters is 1. The Labute approximate surface area is 250 Å². The van der Waals surface area contributed by atoms with Crippen molar-refractivity contribution in [3.63, 3.8) is 0 Å². The van der Waals surface area contributed by atoms with Crippen LogP contribution in [0, 0.1) is 11.8 Å².